The maximum absolute atomic E-state index is 9.12. The Kier molecular flexibility index (Phi) is 11.3. The predicted octanol–water partition coefficient (Wildman–Crippen LogP) is 17.1. The zero-order chi connectivity index (χ0) is 54.2. The summed E-state index contributed by atoms with van der Waals surface area (Å²) in [5.41, 5.74) is 16.5. The molecule has 0 atom stereocenters. The van der Waals surface area contributed by atoms with Gasteiger partial charge in [0.05, 0.1) is 22.1 Å². The topological polar surface area (TPSA) is 35.9 Å². The van der Waals surface area contributed by atoms with Crippen LogP contribution in [-0.2, 0) is 55.1 Å². The Morgan fingerprint density at radius 3 is 1.79 bits per heavy atom. The van der Waals surface area contributed by atoms with Crippen molar-refractivity contribution in [3.63, 3.8) is 0 Å². The zero-order valence-electron chi connectivity index (χ0n) is 48.2. The summed E-state index contributed by atoms with van der Waals surface area (Å²) in [7, 11) is 0. The summed E-state index contributed by atoms with van der Waals surface area (Å²) < 4.78 is 39.3. The molecule has 75 heavy (non-hydrogen) atoms. The molecule has 0 N–H and O–H groups in total. The van der Waals surface area contributed by atoms with E-state index in [1.165, 1.54) is 32.4 Å². The number of benzene rings is 7. The molecule has 2 aliphatic carbocycles. The van der Waals surface area contributed by atoms with Crippen molar-refractivity contribution in [1.29, 1.82) is 0 Å². The number of hydrogen-bond acceptors (Lipinski definition) is 2. The normalized spacial score (nSPS) is 17.1. The van der Waals surface area contributed by atoms with E-state index in [9.17, 15) is 0 Å². The number of aromatic nitrogens is 4. The van der Waals surface area contributed by atoms with Gasteiger partial charge in [0.1, 0.15) is 5.82 Å². The van der Waals surface area contributed by atoms with Gasteiger partial charge >= 0.3 is 0 Å². The number of aryl methyl sites for hydroxylation is 1. The van der Waals surface area contributed by atoms with Crippen LogP contribution in [0.3, 0.4) is 0 Å². The Bertz CT molecular complexity index is 3920. The number of nitrogens with zero attached hydrogens (tertiary/aromatic N) is 4. The van der Waals surface area contributed by atoms with E-state index in [2.05, 4.69) is 196 Å². The molecule has 0 spiro atoms. The average molecular weight is 1170 g/mol. The molecule has 7 aromatic carbocycles. The standard InChI is InChI=1S/C69H68N4O.Pt/c1-65(2,3)46-32-37-70-62(40-46)73-59-24-14-13-20-52(59)53-29-28-49(42-61(53)73)74-48-19-15-18-47(41-48)72-43-71(12)64-54(23-17-25-60(64)72)63-50(44-26-30-55-57(38-44)68(8,9)35-33-66(55,4)5)21-16-22-51(63)45-27-31-56-58(39-45)69(10,11)36-34-67(56,6)7;/h13-32,37-40H,33-36H2,1-12H3;/q-2;/i12D3;. The monoisotopic (exact) mass is 1170 g/mol. The summed E-state index contributed by atoms with van der Waals surface area (Å²) in [5.74, 6) is 1.77. The molecule has 6 heteroatoms. The Morgan fingerprint density at radius 2 is 1.15 bits per heavy atom. The van der Waals surface area contributed by atoms with E-state index < -0.39 is 6.98 Å². The third kappa shape index (κ3) is 8.59. The second kappa shape index (κ2) is 18.1. The van der Waals surface area contributed by atoms with E-state index in [0.717, 1.165) is 86.7 Å². The fourth-order valence-corrected chi connectivity index (χ4v) is 12.3. The molecule has 0 amide bonds. The first-order chi connectivity index (χ1) is 36.4. The first-order valence-electron chi connectivity index (χ1n) is 28.0. The van der Waals surface area contributed by atoms with Gasteiger partial charge in [0.25, 0.3) is 0 Å². The van der Waals surface area contributed by atoms with Crippen molar-refractivity contribution in [2.75, 3.05) is 0 Å². The van der Waals surface area contributed by atoms with Crippen LogP contribution in [-0.4, -0.2) is 14.1 Å². The summed E-state index contributed by atoms with van der Waals surface area (Å²) in [4.78, 5) is 4.86. The third-order valence-corrected chi connectivity index (χ3v) is 17.0. The Balaban J connectivity index is 0.00000645. The number of hydrogen-bond donors (Lipinski definition) is 0. The molecule has 12 rings (SSSR count). The van der Waals surface area contributed by atoms with Crippen molar-refractivity contribution < 1.29 is 34.5 Å². The average Bonchev–Trinajstić information content (AvgIpc) is 4.00. The summed E-state index contributed by atoms with van der Waals surface area (Å²) in [6.45, 7) is 23.0. The Morgan fingerprint density at radius 1 is 0.573 bits per heavy atom. The van der Waals surface area contributed by atoms with Crippen LogP contribution in [0.1, 0.15) is 134 Å². The molecule has 5 nitrogen and oxygen atoms in total. The molecular formula is C69H68N4OPt-2. The van der Waals surface area contributed by atoms with E-state index in [1.807, 2.05) is 53.2 Å². The predicted molar refractivity (Wildman–Crippen MR) is 305 cm³/mol. The molecule has 10 aromatic rings. The second-order valence-corrected chi connectivity index (χ2v) is 24.8. The van der Waals surface area contributed by atoms with Crippen LogP contribution in [0.25, 0.3) is 77.7 Å². The molecule has 0 saturated heterocycles. The van der Waals surface area contributed by atoms with Crippen LogP contribution in [0.5, 0.6) is 11.5 Å². The number of fused-ring (bicyclic) bond motifs is 6. The number of rotatable bonds is 7. The van der Waals surface area contributed by atoms with E-state index in [1.54, 1.807) is 0 Å². The molecule has 0 saturated carbocycles. The molecule has 0 fully saturated rings. The van der Waals surface area contributed by atoms with Gasteiger partial charge in [0.15, 0.2) is 0 Å². The van der Waals surface area contributed by atoms with Crippen LogP contribution in [0.4, 0.5) is 0 Å². The fourth-order valence-electron chi connectivity index (χ4n) is 12.3. The van der Waals surface area contributed by atoms with Crippen molar-refractivity contribution in [2.45, 2.75) is 129 Å². The van der Waals surface area contributed by atoms with Gasteiger partial charge in [-0.15, -0.1) is 29.7 Å². The molecule has 382 valence electrons. The van der Waals surface area contributed by atoms with E-state index in [0.29, 0.717) is 28.2 Å². The summed E-state index contributed by atoms with van der Waals surface area (Å²) in [6.07, 6.45) is 9.65. The van der Waals surface area contributed by atoms with Gasteiger partial charge in [-0.05, 0) is 138 Å². The van der Waals surface area contributed by atoms with E-state index >= 15 is 0 Å². The van der Waals surface area contributed by atoms with Gasteiger partial charge in [0.2, 0.25) is 6.33 Å². The van der Waals surface area contributed by atoms with Gasteiger partial charge in [-0.1, -0.05) is 178 Å². The van der Waals surface area contributed by atoms with Crippen LogP contribution >= 0.6 is 0 Å². The summed E-state index contributed by atoms with van der Waals surface area (Å²) >= 11 is 0. The maximum atomic E-state index is 9.12. The molecule has 3 heterocycles. The Hall–Kier alpha value is -6.55. The van der Waals surface area contributed by atoms with Crippen LogP contribution in [0.15, 0.2) is 146 Å². The molecule has 0 radical (unpaired) electrons. The number of ether oxygens (including phenoxy) is 1. The van der Waals surface area contributed by atoms with Crippen molar-refractivity contribution in [3.05, 3.63) is 192 Å². The summed E-state index contributed by atoms with van der Waals surface area (Å²) in [6, 6.07) is 56.2. The minimum absolute atomic E-state index is 0. The Labute approximate surface area is 463 Å². The van der Waals surface area contributed by atoms with Gasteiger partial charge in [-0.3, -0.25) is 0 Å². The second-order valence-electron chi connectivity index (χ2n) is 24.8. The smallest absolute Gasteiger partial charge is 0.242 e. The minimum atomic E-state index is -2.59. The molecule has 3 aromatic heterocycles. The first-order valence-corrected chi connectivity index (χ1v) is 26.5. The van der Waals surface area contributed by atoms with Gasteiger partial charge in [0, 0.05) is 44.3 Å². The number of para-hydroxylation sites is 2. The number of imidazole rings is 1. The van der Waals surface area contributed by atoms with Gasteiger partial charge in [-0.25, -0.2) is 4.98 Å². The van der Waals surface area contributed by atoms with E-state index in [-0.39, 0.29) is 48.1 Å². The van der Waals surface area contributed by atoms with Gasteiger partial charge < -0.3 is 18.4 Å². The van der Waals surface area contributed by atoms with Crippen molar-refractivity contribution in [2.24, 2.45) is 6.98 Å². The fraction of sp³-hybridized carbons (Fsp3) is 0.304. The zero-order valence-corrected chi connectivity index (χ0v) is 47.5. The SMILES string of the molecule is [2H]C([2H])([2H])[n+]1[c-]n(-c2[c-]c(Oc3[c-]c4c(cc3)c3ccccc3n4-c3cc(C(C)(C)C)ccn3)ccc2)c2cccc(-c3c(-c4ccc5c(c4)C(C)(C)CCC5(C)C)cccc3-c3ccc4c(c3)C(C)(C)CCC4(C)C)c21.[Pt]. The largest absolute Gasteiger partial charge is 0.510 e. The molecule has 2 aliphatic rings. The van der Waals surface area contributed by atoms with Crippen LogP contribution < -0.4 is 9.30 Å². The van der Waals surface area contributed by atoms with E-state index in [4.69, 9.17) is 13.8 Å². The third-order valence-electron chi connectivity index (χ3n) is 17.0. The van der Waals surface area contributed by atoms with Crippen LogP contribution in [0, 0.1) is 18.5 Å². The van der Waals surface area contributed by atoms with Crippen molar-refractivity contribution in [3.8, 4) is 56.4 Å². The molecule has 0 unspecified atom stereocenters. The van der Waals surface area contributed by atoms with Crippen molar-refractivity contribution >= 4 is 32.8 Å². The molecular weight excluding hydrogens is 1100 g/mol. The molecule has 0 aliphatic heterocycles. The molecule has 0 bridgehead atoms. The van der Waals surface area contributed by atoms with Crippen molar-refractivity contribution in [1.82, 2.24) is 14.1 Å². The maximum Gasteiger partial charge on any atom is 0.242 e. The number of pyridine rings is 1. The summed E-state index contributed by atoms with van der Waals surface area (Å²) in [5, 5.41) is 2.13. The van der Waals surface area contributed by atoms with Gasteiger partial charge in [-0.2, -0.15) is 18.2 Å². The quantitative estimate of drug-likeness (QED) is 0.118. The van der Waals surface area contributed by atoms with Crippen LogP contribution in [0.2, 0.25) is 0 Å². The first kappa shape index (κ1) is 46.9. The minimum Gasteiger partial charge on any atom is -0.510 e.